The van der Waals surface area contributed by atoms with Gasteiger partial charge < -0.3 is 0 Å². The molecule has 0 saturated heterocycles. The van der Waals surface area contributed by atoms with Crippen LogP contribution in [0.15, 0.2) is 12.1 Å². The molecule has 14 heavy (non-hydrogen) atoms. The highest BCUT2D eigenvalue weighted by atomic mass is 35.5. The van der Waals surface area contributed by atoms with E-state index in [1.165, 1.54) is 6.07 Å². The number of nitrogens with zero attached hydrogens (tertiary/aromatic N) is 1. The Morgan fingerprint density at radius 1 is 1.57 bits per heavy atom. The first-order chi connectivity index (χ1) is 6.60. The zero-order valence-corrected chi connectivity index (χ0v) is 7.51. The number of hydrogen-bond acceptors (Lipinski definition) is 3. The normalized spacial score (nSPS) is 9.21. The number of aldehydes is 1. The van der Waals surface area contributed by atoms with Gasteiger partial charge in [0, 0.05) is 5.56 Å². The summed E-state index contributed by atoms with van der Waals surface area (Å²) in [6, 6.07) is 3.52. The zero-order valence-electron chi connectivity index (χ0n) is 6.75. The van der Waals surface area contributed by atoms with Crippen molar-refractivity contribution < 1.29 is 14.0 Å². The minimum Gasteiger partial charge on any atom is -0.298 e. The van der Waals surface area contributed by atoms with Crippen LogP contribution in [0.1, 0.15) is 26.3 Å². The number of carbonyl (C=O) groups excluding carboxylic acids is 2. The van der Waals surface area contributed by atoms with E-state index in [4.69, 9.17) is 16.9 Å². The summed E-state index contributed by atoms with van der Waals surface area (Å²) in [5.41, 5.74) is -0.807. The van der Waals surface area contributed by atoms with Crippen molar-refractivity contribution >= 4 is 23.1 Å². The van der Waals surface area contributed by atoms with Crippen molar-refractivity contribution in [3.63, 3.8) is 0 Å². The number of carbonyl (C=O) groups is 2. The molecule has 0 saturated carbocycles. The van der Waals surface area contributed by atoms with Crippen LogP contribution in [0.5, 0.6) is 0 Å². The van der Waals surface area contributed by atoms with Crippen molar-refractivity contribution in [1.82, 2.24) is 0 Å². The molecule has 0 radical (unpaired) electrons. The second-order valence-electron chi connectivity index (χ2n) is 2.43. The lowest BCUT2D eigenvalue weighted by molar-refractivity contribution is 0.108. The van der Waals surface area contributed by atoms with E-state index in [1.54, 1.807) is 0 Å². The number of benzene rings is 1. The van der Waals surface area contributed by atoms with Crippen molar-refractivity contribution in [3.05, 3.63) is 34.6 Å². The minimum atomic E-state index is -0.941. The molecule has 0 aromatic heterocycles. The largest absolute Gasteiger partial charge is 0.298 e. The monoisotopic (exact) mass is 211 g/mol. The summed E-state index contributed by atoms with van der Waals surface area (Å²) < 4.78 is 13.1. The SMILES string of the molecule is N#Cc1cc(C(=O)Cl)cc(C=O)c1F. The van der Waals surface area contributed by atoms with Gasteiger partial charge in [-0.3, -0.25) is 9.59 Å². The average molecular weight is 212 g/mol. The van der Waals surface area contributed by atoms with E-state index in [2.05, 4.69) is 0 Å². The van der Waals surface area contributed by atoms with E-state index in [9.17, 15) is 14.0 Å². The van der Waals surface area contributed by atoms with Gasteiger partial charge in [-0.2, -0.15) is 5.26 Å². The molecule has 5 heteroatoms. The number of hydrogen-bond donors (Lipinski definition) is 0. The molecular formula is C9H3ClFNO2. The second kappa shape index (κ2) is 3.99. The van der Waals surface area contributed by atoms with Gasteiger partial charge in [-0.1, -0.05) is 0 Å². The van der Waals surface area contributed by atoms with E-state index in [1.807, 2.05) is 0 Å². The molecule has 0 atom stereocenters. The van der Waals surface area contributed by atoms with Gasteiger partial charge in [0.05, 0.1) is 11.1 Å². The lowest BCUT2D eigenvalue weighted by atomic mass is 10.1. The number of halogens is 2. The fourth-order valence-electron chi connectivity index (χ4n) is 0.928. The fraction of sp³-hybridized carbons (Fsp3) is 0. The van der Waals surface area contributed by atoms with Crippen molar-refractivity contribution in [2.24, 2.45) is 0 Å². The summed E-state index contributed by atoms with van der Waals surface area (Å²) >= 11 is 5.13. The summed E-state index contributed by atoms with van der Waals surface area (Å²) in [6.07, 6.45) is 0.222. The van der Waals surface area contributed by atoms with Gasteiger partial charge in [0.1, 0.15) is 6.07 Å². The summed E-state index contributed by atoms with van der Waals surface area (Å²) in [7, 11) is 0. The molecule has 3 nitrogen and oxygen atoms in total. The summed E-state index contributed by atoms with van der Waals surface area (Å²) in [4.78, 5) is 21.1. The third-order valence-corrected chi connectivity index (χ3v) is 1.79. The first-order valence-electron chi connectivity index (χ1n) is 3.48. The molecule has 0 aliphatic carbocycles. The Morgan fingerprint density at radius 3 is 2.64 bits per heavy atom. The number of nitriles is 1. The van der Waals surface area contributed by atoms with Gasteiger partial charge in [-0.15, -0.1) is 0 Å². The van der Waals surface area contributed by atoms with E-state index in [0.717, 1.165) is 12.1 Å². The van der Waals surface area contributed by atoms with Crippen LogP contribution < -0.4 is 0 Å². The Morgan fingerprint density at radius 2 is 2.21 bits per heavy atom. The van der Waals surface area contributed by atoms with E-state index in [0.29, 0.717) is 0 Å². The maximum atomic E-state index is 13.1. The topological polar surface area (TPSA) is 57.9 Å². The van der Waals surface area contributed by atoms with Crippen LogP contribution in [0.25, 0.3) is 0 Å². The molecule has 0 heterocycles. The van der Waals surface area contributed by atoms with E-state index < -0.39 is 11.1 Å². The molecule has 1 rings (SSSR count). The van der Waals surface area contributed by atoms with Crippen molar-refractivity contribution in [1.29, 1.82) is 5.26 Å². The first-order valence-corrected chi connectivity index (χ1v) is 3.86. The standard InChI is InChI=1S/C9H3ClFNO2/c10-9(14)5-1-6(3-12)8(11)7(2-5)4-13/h1-2,4H. The Kier molecular flexibility index (Phi) is 2.95. The molecule has 1 aromatic rings. The smallest absolute Gasteiger partial charge is 0.252 e. The predicted molar refractivity (Wildman–Crippen MR) is 46.7 cm³/mol. The highest BCUT2D eigenvalue weighted by Gasteiger charge is 2.12. The quantitative estimate of drug-likeness (QED) is 0.554. The predicted octanol–water partition coefficient (Wildman–Crippen LogP) is 1.89. The van der Waals surface area contributed by atoms with Crippen LogP contribution >= 0.6 is 11.6 Å². The van der Waals surface area contributed by atoms with Gasteiger partial charge in [-0.25, -0.2) is 4.39 Å². The maximum absolute atomic E-state index is 13.1. The summed E-state index contributed by atoms with van der Waals surface area (Å²) in [5.74, 6) is -0.941. The van der Waals surface area contributed by atoms with Crippen molar-refractivity contribution in [2.75, 3.05) is 0 Å². The van der Waals surface area contributed by atoms with E-state index in [-0.39, 0.29) is 23.0 Å². The molecule has 1 aromatic carbocycles. The van der Waals surface area contributed by atoms with Gasteiger partial charge in [0.15, 0.2) is 12.1 Å². The Labute approximate surface area is 83.7 Å². The molecular weight excluding hydrogens is 209 g/mol. The van der Waals surface area contributed by atoms with Crippen LogP contribution in [0, 0.1) is 17.1 Å². The van der Waals surface area contributed by atoms with Crippen molar-refractivity contribution in [2.45, 2.75) is 0 Å². The van der Waals surface area contributed by atoms with Crippen LogP contribution in [0.3, 0.4) is 0 Å². The first kappa shape index (κ1) is 10.4. The Hall–Kier alpha value is -1.73. The fourth-order valence-corrected chi connectivity index (χ4v) is 1.04. The van der Waals surface area contributed by atoms with Crippen LogP contribution in [-0.4, -0.2) is 11.5 Å². The van der Waals surface area contributed by atoms with E-state index >= 15 is 0 Å². The maximum Gasteiger partial charge on any atom is 0.252 e. The van der Waals surface area contributed by atoms with Crippen LogP contribution in [0.2, 0.25) is 0 Å². The second-order valence-corrected chi connectivity index (χ2v) is 2.77. The lowest BCUT2D eigenvalue weighted by Gasteiger charge is -1.99. The van der Waals surface area contributed by atoms with Crippen LogP contribution in [-0.2, 0) is 0 Å². The van der Waals surface area contributed by atoms with Gasteiger partial charge in [0.25, 0.3) is 5.24 Å². The molecule has 0 N–H and O–H groups in total. The molecule has 0 unspecified atom stereocenters. The van der Waals surface area contributed by atoms with Crippen molar-refractivity contribution in [3.8, 4) is 6.07 Å². The highest BCUT2D eigenvalue weighted by molar-refractivity contribution is 6.67. The minimum absolute atomic E-state index is 0.0771. The Bertz CT molecular complexity index is 451. The highest BCUT2D eigenvalue weighted by Crippen LogP contribution is 2.15. The summed E-state index contributed by atoms with van der Waals surface area (Å²) in [6.45, 7) is 0. The third kappa shape index (κ3) is 1.78. The van der Waals surface area contributed by atoms with Gasteiger partial charge >= 0.3 is 0 Å². The zero-order chi connectivity index (χ0) is 10.7. The molecule has 0 fully saturated rings. The molecule has 0 aliphatic heterocycles. The molecule has 70 valence electrons. The lowest BCUT2D eigenvalue weighted by Crippen LogP contribution is -1.98. The molecule has 0 amide bonds. The molecule has 0 aliphatic rings. The Balaban J connectivity index is 3.49. The molecule has 0 spiro atoms. The van der Waals surface area contributed by atoms with Gasteiger partial charge in [-0.05, 0) is 23.7 Å². The third-order valence-electron chi connectivity index (χ3n) is 1.58. The summed E-state index contributed by atoms with van der Waals surface area (Å²) in [5, 5.41) is 7.64. The van der Waals surface area contributed by atoms with Crippen LogP contribution in [0.4, 0.5) is 4.39 Å². The molecule has 0 bridgehead atoms. The van der Waals surface area contributed by atoms with Gasteiger partial charge in [0.2, 0.25) is 0 Å². The average Bonchev–Trinajstić information content (AvgIpc) is 2.17. The number of rotatable bonds is 2.